The number of hydrogen-bond donors (Lipinski definition) is 1. The van der Waals surface area contributed by atoms with Gasteiger partial charge in [-0.2, -0.15) is 0 Å². The van der Waals surface area contributed by atoms with E-state index in [0.717, 1.165) is 6.42 Å². The van der Waals surface area contributed by atoms with E-state index in [2.05, 4.69) is 5.32 Å². The standard InChI is InChI=1S/C14H19NO4/c1-4-14(8-19-9-14)13(16)15-10-5-6-11(17-2)12(7-10)18-3/h5-7H,4,8-9H2,1-3H3,(H,15,16). The molecule has 5 heteroatoms. The summed E-state index contributed by atoms with van der Waals surface area (Å²) in [5.41, 5.74) is 0.315. The predicted octanol–water partition coefficient (Wildman–Crippen LogP) is 2.07. The van der Waals surface area contributed by atoms with Crippen LogP contribution in [-0.2, 0) is 9.53 Å². The zero-order chi connectivity index (χ0) is 13.9. The summed E-state index contributed by atoms with van der Waals surface area (Å²) in [7, 11) is 3.14. The van der Waals surface area contributed by atoms with Crippen LogP contribution in [0, 0.1) is 5.41 Å². The van der Waals surface area contributed by atoms with Crippen LogP contribution in [0.25, 0.3) is 0 Å². The van der Waals surface area contributed by atoms with Crippen LogP contribution in [0.1, 0.15) is 13.3 Å². The van der Waals surface area contributed by atoms with Crippen molar-refractivity contribution < 1.29 is 19.0 Å². The fourth-order valence-electron chi connectivity index (χ4n) is 2.02. The molecule has 1 aliphatic heterocycles. The summed E-state index contributed by atoms with van der Waals surface area (Å²) in [4.78, 5) is 12.2. The van der Waals surface area contributed by atoms with Gasteiger partial charge in [0.25, 0.3) is 0 Å². The first-order valence-corrected chi connectivity index (χ1v) is 6.26. The van der Waals surface area contributed by atoms with Crippen molar-refractivity contribution in [1.29, 1.82) is 0 Å². The fraction of sp³-hybridized carbons (Fsp3) is 0.500. The number of ether oxygens (including phenoxy) is 3. The van der Waals surface area contributed by atoms with Gasteiger partial charge in [0.05, 0.1) is 32.8 Å². The average Bonchev–Trinajstić information content (AvgIpc) is 2.38. The zero-order valence-electron chi connectivity index (χ0n) is 11.5. The van der Waals surface area contributed by atoms with E-state index in [1.807, 2.05) is 6.92 Å². The summed E-state index contributed by atoms with van der Waals surface area (Å²) < 4.78 is 15.5. The molecular weight excluding hydrogens is 246 g/mol. The first-order chi connectivity index (χ1) is 9.15. The summed E-state index contributed by atoms with van der Waals surface area (Å²) in [6.07, 6.45) is 0.770. The summed E-state index contributed by atoms with van der Waals surface area (Å²) in [6, 6.07) is 5.31. The number of methoxy groups -OCH3 is 2. The molecule has 2 rings (SSSR count). The Morgan fingerprint density at radius 1 is 1.32 bits per heavy atom. The van der Waals surface area contributed by atoms with Gasteiger partial charge in [-0.1, -0.05) is 6.92 Å². The van der Waals surface area contributed by atoms with Crippen LogP contribution >= 0.6 is 0 Å². The maximum Gasteiger partial charge on any atom is 0.235 e. The van der Waals surface area contributed by atoms with E-state index >= 15 is 0 Å². The number of carbonyl (C=O) groups is 1. The van der Waals surface area contributed by atoms with E-state index in [9.17, 15) is 4.79 Å². The second kappa shape index (κ2) is 5.48. The van der Waals surface area contributed by atoms with Gasteiger partial charge in [0, 0.05) is 11.8 Å². The van der Waals surface area contributed by atoms with E-state index in [0.29, 0.717) is 30.4 Å². The van der Waals surface area contributed by atoms with Crippen molar-refractivity contribution in [2.45, 2.75) is 13.3 Å². The molecule has 104 valence electrons. The van der Waals surface area contributed by atoms with Gasteiger partial charge in [-0.15, -0.1) is 0 Å². The molecule has 0 aromatic heterocycles. The predicted molar refractivity (Wildman–Crippen MR) is 71.7 cm³/mol. The van der Waals surface area contributed by atoms with Crippen molar-refractivity contribution in [1.82, 2.24) is 0 Å². The lowest BCUT2D eigenvalue weighted by atomic mass is 9.82. The van der Waals surface area contributed by atoms with E-state index < -0.39 is 0 Å². The van der Waals surface area contributed by atoms with Crippen molar-refractivity contribution in [2.24, 2.45) is 5.41 Å². The second-order valence-corrected chi connectivity index (χ2v) is 4.65. The van der Waals surface area contributed by atoms with Gasteiger partial charge in [0.2, 0.25) is 5.91 Å². The Balaban J connectivity index is 2.13. The molecule has 1 fully saturated rings. The van der Waals surface area contributed by atoms with Crippen molar-refractivity contribution >= 4 is 11.6 Å². The molecule has 1 N–H and O–H groups in total. The number of carbonyl (C=O) groups excluding carboxylic acids is 1. The van der Waals surface area contributed by atoms with Crippen LogP contribution < -0.4 is 14.8 Å². The minimum atomic E-state index is -0.382. The Hall–Kier alpha value is -1.75. The van der Waals surface area contributed by atoms with Crippen LogP contribution in [0.3, 0.4) is 0 Å². The van der Waals surface area contributed by atoms with Crippen LogP contribution in [0.5, 0.6) is 11.5 Å². The fourth-order valence-corrected chi connectivity index (χ4v) is 2.02. The van der Waals surface area contributed by atoms with Crippen LogP contribution in [0.4, 0.5) is 5.69 Å². The third kappa shape index (κ3) is 2.51. The Labute approximate surface area is 112 Å². The van der Waals surface area contributed by atoms with E-state index in [4.69, 9.17) is 14.2 Å². The molecule has 0 radical (unpaired) electrons. The minimum Gasteiger partial charge on any atom is -0.493 e. The molecular formula is C14H19NO4. The summed E-state index contributed by atoms with van der Waals surface area (Å²) in [5.74, 6) is 1.22. The summed E-state index contributed by atoms with van der Waals surface area (Å²) in [5, 5.41) is 2.91. The normalized spacial score (nSPS) is 16.4. The van der Waals surface area contributed by atoms with Gasteiger partial charge < -0.3 is 19.5 Å². The molecule has 0 aliphatic carbocycles. The van der Waals surface area contributed by atoms with Crippen LogP contribution in [-0.4, -0.2) is 33.3 Å². The van der Waals surface area contributed by atoms with E-state index in [-0.39, 0.29) is 11.3 Å². The van der Waals surface area contributed by atoms with Gasteiger partial charge >= 0.3 is 0 Å². The average molecular weight is 265 g/mol. The Morgan fingerprint density at radius 3 is 2.47 bits per heavy atom. The molecule has 0 unspecified atom stereocenters. The SMILES string of the molecule is CCC1(C(=O)Nc2ccc(OC)c(OC)c2)COC1. The highest BCUT2D eigenvalue weighted by atomic mass is 16.5. The molecule has 1 heterocycles. The van der Waals surface area contributed by atoms with Crippen molar-refractivity contribution in [3.05, 3.63) is 18.2 Å². The van der Waals surface area contributed by atoms with Crippen molar-refractivity contribution in [3.63, 3.8) is 0 Å². The quantitative estimate of drug-likeness (QED) is 0.885. The molecule has 0 spiro atoms. The molecule has 0 saturated carbocycles. The lowest BCUT2D eigenvalue weighted by Crippen LogP contribution is -2.51. The number of rotatable bonds is 5. The highest BCUT2D eigenvalue weighted by Crippen LogP contribution is 2.34. The molecule has 1 saturated heterocycles. The number of benzene rings is 1. The van der Waals surface area contributed by atoms with Crippen molar-refractivity contribution in [3.8, 4) is 11.5 Å². The molecule has 1 aromatic rings. The van der Waals surface area contributed by atoms with E-state index in [1.54, 1.807) is 32.4 Å². The molecule has 1 aliphatic rings. The first kappa shape index (κ1) is 13.7. The highest BCUT2D eigenvalue weighted by Gasteiger charge is 2.44. The molecule has 19 heavy (non-hydrogen) atoms. The number of nitrogens with one attached hydrogen (secondary N) is 1. The number of amides is 1. The van der Waals surface area contributed by atoms with Gasteiger partial charge in [0.1, 0.15) is 0 Å². The summed E-state index contributed by atoms with van der Waals surface area (Å²) in [6.45, 7) is 2.97. The lowest BCUT2D eigenvalue weighted by Gasteiger charge is -2.39. The Kier molecular flexibility index (Phi) is 3.95. The third-order valence-electron chi connectivity index (χ3n) is 3.56. The molecule has 1 amide bonds. The van der Waals surface area contributed by atoms with Gasteiger partial charge in [0.15, 0.2) is 11.5 Å². The van der Waals surface area contributed by atoms with Crippen molar-refractivity contribution in [2.75, 3.05) is 32.8 Å². The Morgan fingerprint density at radius 2 is 2.00 bits per heavy atom. The van der Waals surface area contributed by atoms with Crippen LogP contribution in [0.15, 0.2) is 18.2 Å². The molecule has 0 bridgehead atoms. The van der Waals surface area contributed by atoms with Crippen LogP contribution in [0.2, 0.25) is 0 Å². The maximum absolute atomic E-state index is 12.2. The minimum absolute atomic E-state index is 0.00605. The summed E-state index contributed by atoms with van der Waals surface area (Å²) >= 11 is 0. The van der Waals surface area contributed by atoms with E-state index in [1.165, 1.54) is 0 Å². The molecule has 0 atom stereocenters. The molecule has 5 nitrogen and oxygen atoms in total. The van der Waals surface area contributed by atoms with Gasteiger partial charge in [-0.25, -0.2) is 0 Å². The van der Waals surface area contributed by atoms with Gasteiger partial charge in [-0.3, -0.25) is 4.79 Å². The highest BCUT2D eigenvalue weighted by molar-refractivity contribution is 5.96. The smallest absolute Gasteiger partial charge is 0.235 e. The largest absolute Gasteiger partial charge is 0.493 e. The lowest BCUT2D eigenvalue weighted by molar-refractivity contribution is -0.156. The number of hydrogen-bond acceptors (Lipinski definition) is 4. The maximum atomic E-state index is 12.2. The Bertz CT molecular complexity index is 463. The second-order valence-electron chi connectivity index (χ2n) is 4.65. The zero-order valence-corrected chi connectivity index (χ0v) is 11.5. The number of anilines is 1. The monoisotopic (exact) mass is 265 g/mol. The first-order valence-electron chi connectivity index (χ1n) is 6.26. The third-order valence-corrected chi connectivity index (χ3v) is 3.56. The molecule has 1 aromatic carbocycles. The topological polar surface area (TPSA) is 56.8 Å². The van der Waals surface area contributed by atoms with Gasteiger partial charge in [-0.05, 0) is 18.6 Å².